The Kier molecular flexibility index (Phi) is 3.25. The van der Waals surface area contributed by atoms with Crippen LogP contribution in [0.15, 0.2) is 0 Å². The summed E-state index contributed by atoms with van der Waals surface area (Å²) < 4.78 is 0. The predicted molar refractivity (Wildman–Crippen MR) is 84.4 cm³/mol. The van der Waals surface area contributed by atoms with Gasteiger partial charge in [-0.05, 0) is 80.5 Å². The molecule has 0 bridgehead atoms. The van der Waals surface area contributed by atoms with Crippen molar-refractivity contribution in [1.82, 2.24) is 0 Å². The second kappa shape index (κ2) is 4.71. The SMILES string of the molecule is C[C@@]12CC[C@H]3[C@@H](CC[C@H]4C[C@H](O)CC[C@]43C)[C@H]1CC[C@@H]2[NH3+]. The number of fused-ring (bicyclic) bond motifs is 5. The van der Waals surface area contributed by atoms with E-state index in [4.69, 9.17) is 0 Å². The fourth-order valence-corrected chi connectivity index (χ4v) is 7.34. The highest BCUT2D eigenvalue weighted by molar-refractivity contribution is 5.09. The first-order valence-corrected chi connectivity index (χ1v) is 9.46. The molecule has 2 heteroatoms. The second-order valence-electron chi connectivity index (χ2n) is 9.40. The summed E-state index contributed by atoms with van der Waals surface area (Å²) in [5.74, 6) is 3.64. The number of rotatable bonds is 0. The highest BCUT2D eigenvalue weighted by Gasteiger charge is 2.60. The molecular weight excluding hydrogens is 258 g/mol. The number of quaternary nitrogens is 1. The molecule has 0 aromatic carbocycles. The first-order chi connectivity index (χ1) is 9.95. The Morgan fingerprint density at radius 2 is 1.57 bits per heavy atom. The van der Waals surface area contributed by atoms with Gasteiger partial charge in [0, 0.05) is 11.8 Å². The van der Waals surface area contributed by atoms with E-state index in [1.54, 1.807) is 0 Å². The summed E-state index contributed by atoms with van der Waals surface area (Å²) in [6.45, 7) is 5.14. The second-order valence-corrected chi connectivity index (χ2v) is 9.40. The van der Waals surface area contributed by atoms with Gasteiger partial charge in [-0.3, -0.25) is 0 Å². The van der Waals surface area contributed by atoms with E-state index in [1.165, 1.54) is 44.9 Å². The lowest BCUT2D eigenvalue weighted by Gasteiger charge is -2.60. The average Bonchev–Trinajstić information content (AvgIpc) is 2.76. The van der Waals surface area contributed by atoms with Crippen LogP contribution in [-0.4, -0.2) is 17.3 Å². The molecule has 4 aliphatic carbocycles. The number of hydrogen-bond donors (Lipinski definition) is 2. The van der Waals surface area contributed by atoms with Gasteiger partial charge in [0.1, 0.15) is 0 Å². The zero-order chi connectivity index (χ0) is 14.8. The van der Waals surface area contributed by atoms with Gasteiger partial charge in [0.25, 0.3) is 0 Å². The van der Waals surface area contributed by atoms with E-state index in [0.29, 0.717) is 16.9 Å². The third kappa shape index (κ3) is 1.91. The maximum atomic E-state index is 10.1. The summed E-state index contributed by atoms with van der Waals surface area (Å²) >= 11 is 0. The fourth-order valence-electron chi connectivity index (χ4n) is 7.34. The Hall–Kier alpha value is -0.0800. The maximum Gasteiger partial charge on any atom is 0.0900 e. The molecule has 0 aromatic rings. The van der Waals surface area contributed by atoms with Gasteiger partial charge in [-0.1, -0.05) is 13.8 Å². The number of aliphatic hydroxyl groups excluding tert-OH is 1. The standard InChI is InChI=1S/C19H33NO/c1-18-9-7-13(21)11-12(18)3-4-14-15-5-6-17(20)19(15,2)10-8-16(14)18/h12-17,21H,3-11,20H2,1-2H3/p+1/t12-,13+,14-,15+,16-,17-,18+,19+/m0/s1. The minimum atomic E-state index is -0.0100. The molecule has 4 rings (SSSR count). The third-order valence-electron chi connectivity index (χ3n) is 8.83. The van der Waals surface area contributed by atoms with Crippen molar-refractivity contribution >= 4 is 0 Å². The molecular formula is C19H34NO+. The molecule has 4 saturated carbocycles. The molecule has 0 aliphatic heterocycles. The molecule has 0 unspecified atom stereocenters. The molecule has 0 heterocycles. The van der Waals surface area contributed by atoms with Crippen LogP contribution in [0.25, 0.3) is 0 Å². The monoisotopic (exact) mass is 292 g/mol. The van der Waals surface area contributed by atoms with E-state index >= 15 is 0 Å². The van der Waals surface area contributed by atoms with Crippen molar-refractivity contribution in [3.05, 3.63) is 0 Å². The van der Waals surface area contributed by atoms with Gasteiger partial charge in [0.2, 0.25) is 0 Å². The van der Waals surface area contributed by atoms with Crippen molar-refractivity contribution in [3.8, 4) is 0 Å². The van der Waals surface area contributed by atoms with Gasteiger partial charge in [0.05, 0.1) is 12.1 Å². The lowest BCUT2D eigenvalue weighted by atomic mass is 9.45. The summed E-state index contributed by atoms with van der Waals surface area (Å²) in [6, 6.07) is 0.696. The Balaban J connectivity index is 1.62. The molecule has 0 radical (unpaired) electrons. The largest absolute Gasteiger partial charge is 0.393 e. The van der Waals surface area contributed by atoms with Gasteiger partial charge in [-0.25, -0.2) is 0 Å². The van der Waals surface area contributed by atoms with Crippen molar-refractivity contribution in [3.63, 3.8) is 0 Å². The Morgan fingerprint density at radius 3 is 2.38 bits per heavy atom. The molecule has 2 nitrogen and oxygen atoms in total. The van der Waals surface area contributed by atoms with Crippen LogP contribution in [0.2, 0.25) is 0 Å². The van der Waals surface area contributed by atoms with Gasteiger partial charge in [-0.15, -0.1) is 0 Å². The number of aliphatic hydroxyl groups is 1. The predicted octanol–water partition coefficient (Wildman–Crippen LogP) is 3.00. The molecule has 4 N–H and O–H groups in total. The van der Waals surface area contributed by atoms with Gasteiger partial charge in [0.15, 0.2) is 0 Å². The van der Waals surface area contributed by atoms with E-state index in [2.05, 4.69) is 19.6 Å². The van der Waals surface area contributed by atoms with Crippen LogP contribution in [0.3, 0.4) is 0 Å². The van der Waals surface area contributed by atoms with Crippen LogP contribution in [0, 0.1) is 34.5 Å². The van der Waals surface area contributed by atoms with E-state index in [0.717, 1.165) is 36.5 Å². The number of hydrogen-bond acceptors (Lipinski definition) is 1. The molecule has 8 atom stereocenters. The zero-order valence-corrected chi connectivity index (χ0v) is 14.0. The van der Waals surface area contributed by atoms with Crippen LogP contribution in [-0.2, 0) is 0 Å². The van der Waals surface area contributed by atoms with Crippen molar-refractivity contribution < 1.29 is 10.8 Å². The molecule has 0 aromatic heterocycles. The summed E-state index contributed by atoms with van der Waals surface area (Å²) in [7, 11) is 0. The fraction of sp³-hybridized carbons (Fsp3) is 1.00. The summed E-state index contributed by atoms with van der Waals surface area (Å²) in [6.07, 6.45) is 11.9. The quantitative estimate of drug-likeness (QED) is 0.708. The minimum Gasteiger partial charge on any atom is -0.393 e. The molecule has 4 fully saturated rings. The summed E-state index contributed by atoms with van der Waals surface area (Å²) in [5, 5.41) is 10.1. The van der Waals surface area contributed by atoms with Crippen molar-refractivity contribution in [2.45, 2.75) is 83.8 Å². The molecule has 0 spiro atoms. The summed E-state index contributed by atoms with van der Waals surface area (Å²) in [5.41, 5.74) is 5.58. The van der Waals surface area contributed by atoms with Crippen LogP contribution < -0.4 is 5.73 Å². The molecule has 4 aliphatic rings. The third-order valence-corrected chi connectivity index (χ3v) is 8.83. The van der Waals surface area contributed by atoms with Gasteiger partial charge < -0.3 is 10.8 Å². The van der Waals surface area contributed by atoms with Crippen molar-refractivity contribution in [2.75, 3.05) is 0 Å². The van der Waals surface area contributed by atoms with E-state index < -0.39 is 0 Å². The summed E-state index contributed by atoms with van der Waals surface area (Å²) in [4.78, 5) is 0. The zero-order valence-electron chi connectivity index (χ0n) is 14.0. The molecule has 21 heavy (non-hydrogen) atoms. The first-order valence-electron chi connectivity index (χ1n) is 9.46. The van der Waals surface area contributed by atoms with Crippen molar-refractivity contribution in [2.24, 2.45) is 34.5 Å². The van der Waals surface area contributed by atoms with Gasteiger partial charge >= 0.3 is 0 Å². The lowest BCUT2D eigenvalue weighted by Crippen LogP contribution is -2.68. The Labute approximate surface area is 129 Å². The normalized spacial score (nSPS) is 60.0. The molecule has 0 amide bonds. The average molecular weight is 292 g/mol. The van der Waals surface area contributed by atoms with E-state index in [1.807, 2.05) is 0 Å². The van der Waals surface area contributed by atoms with E-state index in [-0.39, 0.29) is 6.10 Å². The van der Waals surface area contributed by atoms with Crippen LogP contribution in [0.1, 0.15) is 71.6 Å². The lowest BCUT2D eigenvalue weighted by molar-refractivity contribution is -0.445. The van der Waals surface area contributed by atoms with Crippen LogP contribution in [0.4, 0.5) is 0 Å². The first kappa shape index (κ1) is 14.5. The van der Waals surface area contributed by atoms with Gasteiger partial charge in [-0.2, -0.15) is 0 Å². The van der Waals surface area contributed by atoms with E-state index in [9.17, 15) is 5.11 Å². The highest BCUT2D eigenvalue weighted by Crippen LogP contribution is 2.65. The van der Waals surface area contributed by atoms with Crippen LogP contribution in [0.5, 0.6) is 0 Å². The highest BCUT2D eigenvalue weighted by atomic mass is 16.3. The Bertz CT molecular complexity index is 424. The molecule has 120 valence electrons. The smallest absolute Gasteiger partial charge is 0.0900 e. The topological polar surface area (TPSA) is 47.9 Å². The minimum absolute atomic E-state index is 0.0100. The van der Waals surface area contributed by atoms with Crippen molar-refractivity contribution in [1.29, 1.82) is 0 Å². The molecule has 0 saturated heterocycles. The van der Waals surface area contributed by atoms with Crippen LogP contribution >= 0.6 is 0 Å². The Morgan fingerprint density at radius 1 is 0.857 bits per heavy atom. The maximum absolute atomic E-state index is 10.1.